The third-order valence-corrected chi connectivity index (χ3v) is 3.14. The van der Waals surface area contributed by atoms with Crippen LogP contribution in [0.25, 0.3) is 0 Å². The number of benzene rings is 1. The molecule has 0 saturated carbocycles. The van der Waals surface area contributed by atoms with Crippen LogP contribution in [0.5, 0.6) is 0 Å². The summed E-state index contributed by atoms with van der Waals surface area (Å²) in [5.74, 6) is 0.249. The predicted molar refractivity (Wildman–Crippen MR) is 81.2 cm³/mol. The Hall–Kier alpha value is -1.91. The minimum atomic E-state index is 0.161. The highest BCUT2D eigenvalue weighted by molar-refractivity contribution is 5.80. The standard InChI is InChI=1S/C14H24N4O/c1-5-11(9-14(15)17-19)16-12-7-6-10(2)13(8-12)18(3)4/h6-8,11,16,19H,5,9H2,1-4H3,(H2,15,17). The summed E-state index contributed by atoms with van der Waals surface area (Å²) in [6, 6.07) is 6.42. The molecule has 0 fully saturated rings. The lowest BCUT2D eigenvalue weighted by atomic mass is 10.1. The van der Waals surface area contributed by atoms with Crippen LogP contribution in [0.15, 0.2) is 23.4 Å². The molecule has 4 N–H and O–H groups in total. The van der Waals surface area contributed by atoms with Crippen molar-refractivity contribution in [2.75, 3.05) is 24.3 Å². The van der Waals surface area contributed by atoms with Crippen LogP contribution in [0.2, 0.25) is 0 Å². The Labute approximate surface area is 115 Å². The van der Waals surface area contributed by atoms with Gasteiger partial charge in [0.05, 0.1) is 0 Å². The number of aryl methyl sites for hydroxylation is 1. The molecular weight excluding hydrogens is 240 g/mol. The van der Waals surface area contributed by atoms with E-state index in [1.54, 1.807) is 0 Å². The number of nitrogens with two attached hydrogens (primary N) is 1. The zero-order valence-corrected chi connectivity index (χ0v) is 12.1. The maximum Gasteiger partial charge on any atom is 0.141 e. The number of oxime groups is 1. The summed E-state index contributed by atoms with van der Waals surface area (Å²) in [6.45, 7) is 4.16. The van der Waals surface area contributed by atoms with E-state index in [9.17, 15) is 0 Å². The molecule has 5 nitrogen and oxygen atoms in total. The first kappa shape index (κ1) is 15.1. The molecule has 1 unspecified atom stereocenters. The maximum absolute atomic E-state index is 8.63. The van der Waals surface area contributed by atoms with Crippen molar-refractivity contribution in [3.8, 4) is 0 Å². The van der Waals surface area contributed by atoms with Gasteiger partial charge in [-0.15, -0.1) is 0 Å². The lowest BCUT2D eigenvalue weighted by molar-refractivity contribution is 0.316. The number of hydrogen-bond donors (Lipinski definition) is 3. The number of amidine groups is 1. The third kappa shape index (κ3) is 4.35. The molecule has 0 aliphatic carbocycles. The second-order valence-corrected chi connectivity index (χ2v) is 4.94. The number of anilines is 2. The van der Waals surface area contributed by atoms with Crippen molar-refractivity contribution in [2.45, 2.75) is 32.7 Å². The van der Waals surface area contributed by atoms with Crippen molar-refractivity contribution in [2.24, 2.45) is 10.9 Å². The summed E-state index contributed by atoms with van der Waals surface area (Å²) >= 11 is 0. The number of hydrogen-bond acceptors (Lipinski definition) is 4. The van der Waals surface area contributed by atoms with Gasteiger partial charge >= 0.3 is 0 Å². The Morgan fingerprint density at radius 1 is 1.47 bits per heavy atom. The Kier molecular flexibility index (Phi) is 5.48. The van der Waals surface area contributed by atoms with Crippen LogP contribution in [0.4, 0.5) is 11.4 Å². The largest absolute Gasteiger partial charge is 0.409 e. The van der Waals surface area contributed by atoms with Gasteiger partial charge < -0.3 is 21.2 Å². The summed E-state index contributed by atoms with van der Waals surface area (Å²) in [4.78, 5) is 2.09. The van der Waals surface area contributed by atoms with Gasteiger partial charge in [0.25, 0.3) is 0 Å². The molecule has 19 heavy (non-hydrogen) atoms. The van der Waals surface area contributed by atoms with Crippen LogP contribution in [-0.4, -0.2) is 31.2 Å². The summed E-state index contributed by atoms with van der Waals surface area (Å²) in [6.07, 6.45) is 1.43. The minimum absolute atomic E-state index is 0.161. The maximum atomic E-state index is 8.63. The van der Waals surface area contributed by atoms with E-state index < -0.39 is 0 Å². The molecule has 0 spiro atoms. The van der Waals surface area contributed by atoms with Crippen LogP contribution < -0.4 is 16.0 Å². The van der Waals surface area contributed by atoms with Crippen molar-refractivity contribution >= 4 is 17.2 Å². The molecular formula is C14H24N4O. The molecule has 0 radical (unpaired) electrons. The lowest BCUT2D eigenvalue weighted by Gasteiger charge is -2.21. The highest BCUT2D eigenvalue weighted by Crippen LogP contribution is 2.23. The topological polar surface area (TPSA) is 73.9 Å². The van der Waals surface area contributed by atoms with Gasteiger partial charge in [-0.05, 0) is 31.0 Å². The van der Waals surface area contributed by atoms with E-state index >= 15 is 0 Å². The van der Waals surface area contributed by atoms with Crippen molar-refractivity contribution in [1.29, 1.82) is 0 Å². The first-order valence-corrected chi connectivity index (χ1v) is 6.48. The van der Waals surface area contributed by atoms with Gasteiger partial charge in [-0.3, -0.25) is 0 Å². The molecule has 0 aromatic heterocycles. The van der Waals surface area contributed by atoms with Gasteiger partial charge in [0.2, 0.25) is 0 Å². The van der Waals surface area contributed by atoms with E-state index in [-0.39, 0.29) is 11.9 Å². The van der Waals surface area contributed by atoms with Crippen LogP contribution >= 0.6 is 0 Å². The first-order valence-electron chi connectivity index (χ1n) is 6.48. The molecule has 0 amide bonds. The average Bonchev–Trinajstić information content (AvgIpc) is 2.39. The molecule has 0 aliphatic heterocycles. The highest BCUT2D eigenvalue weighted by atomic mass is 16.4. The zero-order chi connectivity index (χ0) is 14.4. The lowest BCUT2D eigenvalue weighted by Crippen LogP contribution is -2.26. The second-order valence-electron chi connectivity index (χ2n) is 4.94. The predicted octanol–water partition coefficient (Wildman–Crippen LogP) is 2.39. The SMILES string of the molecule is CCC(C/C(N)=N/O)Nc1ccc(C)c(N(C)C)c1. The first-order chi connectivity index (χ1) is 8.97. The molecule has 106 valence electrons. The van der Waals surface area contributed by atoms with E-state index in [4.69, 9.17) is 10.9 Å². The molecule has 0 heterocycles. The fourth-order valence-corrected chi connectivity index (χ4v) is 2.01. The second kappa shape index (κ2) is 6.87. The van der Waals surface area contributed by atoms with Crippen molar-refractivity contribution in [3.05, 3.63) is 23.8 Å². The summed E-state index contributed by atoms with van der Waals surface area (Å²) in [7, 11) is 4.06. The molecule has 1 aromatic carbocycles. The molecule has 1 rings (SSSR count). The Balaban J connectivity index is 2.83. The molecule has 1 aromatic rings. The number of rotatable bonds is 6. The molecule has 0 bridgehead atoms. The van der Waals surface area contributed by atoms with Crippen LogP contribution in [0.1, 0.15) is 25.3 Å². The van der Waals surface area contributed by atoms with E-state index in [2.05, 4.69) is 47.4 Å². The average molecular weight is 264 g/mol. The van der Waals surface area contributed by atoms with Gasteiger partial charge in [-0.25, -0.2) is 0 Å². The van der Waals surface area contributed by atoms with Crippen molar-refractivity contribution < 1.29 is 5.21 Å². The van der Waals surface area contributed by atoms with Crippen molar-refractivity contribution in [1.82, 2.24) is 0 Å². The molecule has 0 aliphatic rings. The van der Waals surface area contributed by atoms with Gasteiger partial charge in [0.15, 0.2) is 0 Å². The summed E-state index contributed by atoms with van der Waals surface area (Å²) in [5.41, 5.74) is 9.03. The smallest absolute Gasteiger partial charge is 0.141 e. The fraction of sp³-hybridized carbons (Fsp3) is 0.500. The van der Waals surface area contributed by atoms with E-state index in [0.29, 0.717) is 6.42 Å². The summed E-state index contributed by atoms with van der Waals surface area (Å²) in [5, 5.41) is 15.1. The number of nitrogens with one attached hydrogen (secondary N) is 1. The van der Waals surface area contributed by atoms with Crippen molar-refractivity contribution in [3.63, 3.8) is 0 Å². The zero-order valence-electron chi connectivity index (χ0n) is 12.1. The molecule has 0 saturated heterocycles. The molecule has 5 heteroatoms. The van der Waals surface area contributed by atoms with E-state index in [1.807, 2.05) is 14.1 Å². The normalized spacial score (nSPS) is 13.2. The quantitative estimate of drug-likeness (QED) is 0.319. The highest BCUT2D eigenvalue weighted by Gasteiger charge is 2.10. The fourth-order valence-electron chi connectivity index (χ4n) is 2.01. The van der Waals surface area contributed by atoms with Gasteiger partial charge in [-0.1, -0.05) is 18.1 Å². The molecule has 1 atom stereocenters. The number of nitrogens with zero attached hydrogens (tertiary/aromatic N) is 2. The minimum Gasteiger partial charge on any atom is -0.409 e. The Morgan fingerprint density at radius 3 is 2.68 bits per heavy atom. The summed E-state index contributed by atoms with van der Waals surface area (Å²) < 4.78 is 0. The van der Waals surface area contributed by atoms with E-state index in [0.717, 1.165) is 12.1 Å². The third-order valence-electron chi connectivity index (χ3n) is 3.14. The Bertz CT molecular complexity index is 443. The van der Waals surface area contributed by atoms with Gasteiger partial charge in [0, 0.05) is 37.9 Å². The van der Waals surface area contributed by atoms with Crippen LogP contribution in [-0.2, 0) is 0 Å². The Morgan fingerprint density at radius 2 is 2.16 bits per heavy atom. The van der Waals surface area contributed by atoms with Crippen LogP contribution in [0.3, 0.4) is 0 Å². The van der Waals surface area contributed by atoms with E-state index in [1.165, 1.54) is 11.3 Å². The van der Waals surface area contributed by atoms with Gasteiger partial charge in [-0.2, -0.15) is 0 Å². The van der Waals surface area contributed by atoms with Gasteiger partial charge in [0.1, 0.15) is 5.84 Å². The van der Waals surface area contributed by atoms with Crippen LogP contribution in [0, 0.1) is 6.92 Å². The monoisotopic (exact) mass is 264 g/mol.